The average Bonchev–Trinajstić information content (AvgIpc) is 2.13. The number of rotatable bonds is 1. The van der Waals surface area contributed by atoms with E-state index in [2.05, 4.69) is 11.6 Å². The summed E-state index contributed by atoms with van der Waals surface area (Å²) in [6, 6.07) is 0.722. The summed E-state index contributed by atoms with van der Waals surface area (Å²) in [6.07, 6.45) is -10.3. The fourth-order valence-corrected chi connectivity index (χ4v) is 1.51. The van der Waals surface area contributed by atoms with Gasteiger partial charge in [0.25, 0.3) is 0 Å². The molecule has 0 aliphatic rings. The van der Waals surface area contributed by atoms with Crippen LogP contribution in [-0.2, 0) is 11.3 Å². The molecule has 9 heteroatoms. The summed E-state index contributed by atoms with van der Waals surface area (Å²) < 4.78 is 86.7. The molecule has 1 aromatic rings. The Morgan fingerprint density at radius 2 is 1.39 bits per heavy atom. The van der Waals surface area contributed by atoms with Gasteiger partial charge in [-0.2, -0.15) is 26.3 Å². The molecule has 0 radical (unpaired) electrons. The molecular weight excluding hydrogens is 312 g/mol. The zero-order valence-corrected chi connectivity index (χ0v) is 9.65. The molecule has 0 amide bonds. The van der Waals surface area contributed by atoms with Gasteiger partial charge < -0.3 is 0 Å². The summed E-state index contributed by atoms with van der Waals surface area (Å²) in [6.45, 7) is 0. The van der Waals surface area contributed by atoms with E-state index in [9.17, 15) is 30.7 Å². The van der Waals surface area contributed by atoms with Crippen molar-refractivity contribution >= 4 is 23.2 Å². The lowest BCUT2D eigenvalue weighted by Crippen LogP contribution is -2.32. The molecule has 0 bridgehead atoms. The summed E-state index contributed by atoms with van der Waals surface area (Å²) in [5, 5.41) is -5.35. The third-order valence-electron chi connectivity index (χ3n) is 1.99. The highest BCUT2D eigenvalue weighted by Gasteiger charge is 2.56. The van der Waals surface area contributed by atoms with Gasteiger partial charge in [0.2, 0.25) is 0 Å². The van der Waals surface area contributed by atoms with Gasteiger partial charge in [0.1, 0.15) is 0 Å². The first-order chi connectivity index (χ1) is 7.87. The molecule has 0 aliphatic carbocycles. The number of hydrogen-bond donors (Lipinski definition) is 0. The van der Waals surface area contributed by atoms with Crippen LogP contribution < -0.4 is 0 Å². The van der Waals surface area contributed by atoms with Crippen LogP contribution in [0.2, 0.25) is 5.02 Å². The highest BCUT2D eigenvalue weighted by atomic mass is 35.5. The summed E-state index contributed by atoms with van der Waals surface area (Å²) in [5.41, 5.74) is -2.59. The van der Waals surface area contributed by atoms with E-state index in [0.29, 0.717) is 0 Å². The third-order valence-corrected chi connectivity index (χ3v) is 2.74. The van der Waals surface area contributed by atoms with Gasteiger partial charge >= 0.3 is 17.5 Å². The van der Waals surface area contributed by atoms with Crippen LogP contribution in [0.5, 0.6) is 0 Å². The smallest absolute Gasteiger partial charge is 0.211 e. The fraction of sp³-hybridized carbons (Fsp3) is 0.333. The van der Waals surface area contributed by atoms with E-state index in [1.807, 2.05) is 0 Å². The minimum Gasteiger partial charge on any atom is -0.211 e. The third kappa shape index (κ3) is 2.83. The number of alkyl halides is 8. The Morgan fingerprint density at radius 1 is 0.889 bits per heavy atom. The van der Waals surface area contributed by atoms with E-state index in [0.717, 1.165) is 0 Å². The van der Waals surface area contributed by atoms with E-state index in [-0.39, 0.29) is 18.2 Å². The number of halogens is 9. The lowest BCUT2D eigenvalue weighted by Gasteiger charge is -2.22. The van der Waals surface area contributed by atoms with Gasteiger partial charge in [-0.3, -0.25) is 0 Å². The van der Waals surface area contributed by atoms with E-state index < -0.39 is 33.6 Å². The molecule has 1 aromatic carbocycles. The SMILES string of the molecule is FC(F)(F)c1ccc(C(F)(Cl)C(F)(F)F)cc1Cl. The molecule has 0 nitrogen and oxygen atoms in total. The van der Waals surface area contributed by atoms with Gasteiger partial charge in [0.15, 0.2) is 0 Å². The Balaban J connectivity index is 3.29. The van der Waals surface area contributed by atoms with Crippen LogP contribution in [0.1, 0.15) is 11.1 Å². The molecule has 0 saturated heterocycles. The predicted octanol–water partition coefficient (Wildman–Crippen LogP) is 5.28. The zero-order valence-electron chi connectivity index (χ0n) is 8.13. The largest absolute Gasteiger partial charge is 0.441 e. The Morgan fingerprint density at radius 3 is 1.72 bits per heavy atom. The molecule has 0 N–H and O–H groups in total. The summed E-state index contributed by atoms with van der Waals surface area (Å²) in [4.78, 5) is 0. The Hall–Kier alpha value is -0.690. The molecule has 1 atom stereocenters. The maximum Gasteiger partial charge on any atom is 0.441 e. The lowest BCUT2D eigenvalue weighted by molar-refractivity contribution is -0.202. The van der Waals surface area contributed by atoms with E-state index in [1.165, 1.54) is 0 Å². The summed E-state index contributed by atoms with van der Waals surface area (Å²) in [7, 11) is 0. The van der Waals surface area contributed by atoms with Crippen molar-refractivity contribution < 1.29 is 30.7 Å². The minimum absolute atomic E-state index is 0.199. The zero-order chi connectivity index (χ0) is 14.4. The standard InChI is InChI=1S/C9H3Cl2F7/c10-6-3-4(7(11,12)9(16,17)18)1-2-5(6)8(13,14)15/h1-3H. The van der Waals surface area contributed by atoms with E-state index in [4.69, 9.17) is 11.6 Å². The van der Waals surface area contributed by atoms with Gasteiger partial charge in [0, 0.05) is 5.56 Å². The van der Waals surface area contributed by atoms with E-state index >= 15 is 0 Å². The normalized spacial score (nSPS) is 16.5. The minimum atomic E-state index is -5.47. The van der Waals surface area contributed by atoms with Gasteiger partial charge in [-0.15, -0.1) is 0 Å². The molecule has 1 unspecified atom stereocenters. The fourth-order valence-electron chi connectivity index (χ4n) is 1.10. The second kappa shape index (κ2) is 4.45. The van der Waals surface area contributed by atoms with Crippen molar-refractivity contribution in [2.45, 2.75) is 17.5 Å². The average molecular weight is 315 g/mol. The van der Waals surface area contributed by atoms with Crippen LogP contribution in [-0.4, -0.2) is 6.18 Å². The van der Waals surface area contributed by atoms with Crippen LogP contribution in [0.3, 0.4) is 0 Å². The first-order valence-corrected chi connectivity index (χ1v) is 4.94. The second-order valence-electron chi connectivity index (χ2n) is 3.26. The highest BCUT2D eigenvalue weighted by Crippen LogP contribution is 2.47. The molecular formula is C9H3Cl2F7. The predicted molar refractivity (Wildman–Crippen MR) is 51.1 cm³/mol. The molecule has 0 fully saturated rings. The topological polar surface area (TPSA) is 0 Å². The second-order valence-corrected chi connectivity index (χ2v) is 4.19. The lowest BCUT2D eigenvalue weighted by atomic mass is 10.1. The van der Waals surface area contributed by atoms with Gasteiger partial charge in [-0.25, -0.2) is 4.39 Å². The van der Waals surface area contributed by atoms with E-state index in [1.54, 1.807) is 0 Å². The van der Waals surface area contributed by atoms with Crippen molar-refractivity contribution in [2.24, 2.45) is 0 Å². The monoisotopic (exact) mass is 314 g/mol. The maximum atomic E-state index is 13.2. The molecule has 0 spiro atoms. The number of hydrogen-bond acceptors (Lipinski definition) is 0. The van der Waals surface area contributed by atoms with Crippen molar-refractivity contribution in [3.63, 3.8) is 0 Å². The van der Waals surface area contributed by atoms with Crippen LogP contribution in [0, 0.1) is 0 Å². The van der Waals surface area contributed by atoms with Gasteiger partial charge in [0.05, 0.1) is 10.6 Å². The summed E-state index contributed by atoms with van der Waals surface area (Å²) >= 11 is 9.80. The maximum absolute atomic E-state index is 13.2. The Labute approximate surface area is 106 Å². The molecule has 1 rings (SSSR count). The van der Waals surface area contributed by atoms with Crippen molar-refractivity contribution in [3.8, 4) is 0 Å². The van der Waals surface area contributed by atoms with Crippen molar-refractivity contribution in [1.82, 2.24) is 0 Å². The highest BCUT2D eigenvalue weighted by molar-refractivity contribution is 6.31. The molecule has 0 aromatic heterocycles. The number of benzene rings is 1. The first kappa shape index (κ1) is 15.4. The Kier molecular flexibility index (Phi) is 3.80. The van der Waals surface area contributed by atoms with Crippen LogP contribution in [0.25, 0.3) is 0 Å². The quantitative estimate of drug-likeness (QED) is 0.488. The van der Waals surface area contributed by atoms with Crippen molar-refractivity contribution in [1.29, 1.82) is 0 Å². The molecule has 0 heterocycles. The van der Waals surface area contributed by atoms with Gasteiger partial charge in [-0.1, -0.05) is 29.3 Å². The van der Waals surface area contributed by atoms with Crippen LogP contribution in [0.15, 0.2) is 18.2 Å². The first-order valence-electron chi connectivity index (χ1n) is 4.19. The van der Waals surface area contributed by atoms with Crippen molar-refractivity contribution in [3.05, 3.63) is 34.3 Å². The van der Waals surface area contributed by atoms with Crippen LogP contribution in [0.4, 0.5) is 30.7 Å². The van der Waals surface area contributed by atoms with Crippen LogP contribution >= 0.6 is 23.2 Å². The summed E-state index contributed by atoms with van der Waals surface area (Å²) in [5.74, 6) is 0. The molecule has 102 valence electrons. The molecule has 18 heavy (non-hydrogen) atoms. The van der Waals surface area contributed by atoms with Gasteiger partial charge in [-0.05, 0) is 12.1 Å². The molecule has 0 saturated carbocycles. The Bertz CT molecular complexity index is 447. The van der Waals surface area contributed by atoms with Crippen molar-refractivity contribution in [2.75, 3.05) is 0 Å². The molecule has 0 aliphatic heterocycles.